The van der Waals surface area contributed by atoms with Gasteiger partial charge in [0.05, 0.1) is 5.56 Å². The zero-order valence-corrected chi connectivity index (χ0v) is 7.31. The third-order valence-electron chi connectivity index (χ3n) is 1.49. The molecule has 2 aromatic heterocycles. The molecule has 0 bridgehead atoms. The molecule has 64 valence electrons. The van der Waals surface area contributed by atoms with E-state index in [4.69, 9.17) is 11.6 Å². The predicted octanol–water partition coefficient (Wildman–Crippen LogP) is 1.59. The Balaban J connectivity index is 2.54. The largest absolute Gasteiger partial charge is 0.244 e. The molecular formula is C8H5ClN4. The Morgan fingerprint density at radius 2 is 1.85 bits per heavy atom. The van der Waals surface area contributed by atoms with Gasteiger partial charge in [0.15, 0.2) is 5.82 Å². The van der Waals surface area contributed by atoms with E-state index in [1.807, 2.05) is 6.07 Å². The highest BCUT2D eigenvalue weighted by atomic mass is 35.5. The first-order chi connectivity index (χ1) is 6.38. The first-order valence-corrected chi connectivity index (χ1v) is 3.98. The van der Waals surface area contributed by atoms with E-state index in [1.165, 1.54) is 12.7 Å². The minimum atomic E-state index is 0.397. The van der Waals surface area contributed by atoms with Crippen LogP contribution in [0.5, 0.6) is 0 Å². The Kier molecular flexibility index (Phi) is 2.14. The molecule has 0 aliphatic heterocycles. The van der Waals surface area contributed by atoms with Gasteiger partial charge in [-0.3, -0.25) is 0 Å². The van der Waals surface area contributed by atoms with Gasteiger partial charge in [0.1, 0.15) is 17.8 Å². The van der Waals surface area contributed by atoms with E-state index in [2.05, 4.69) is 19.9 Å². The van der Waals surface area contributed by atoms with Gasteiger partial charge in [-0.25, -0.2) is 19.9 Å². The standard InChI is InChI=1S/C8H5ClN4/c9-7-6(2-1-3-11-7)8-12-4-10-5-13-8/h1-5H. The number of rotatable bonds is 1. The molecule has 2 heterocycles. The van der Waals surface area contributed by atoms with Crippen LogP contribution in [0.3, 0.4) is 0 Å². The van der Waals surface area contributed by atoms with Crippen LogP contribution in [-0.2, 0) is 0 Å². The van der Waals surface area contributed by atoms with Gasteiger partial charge < -0.3 is 0 Å². The van der Waals surface area contributed by atoms with Crippen molar-refractivity contribution in [3.05, 3.63) is 36.1 Å². The van der Waals surface area contributed by atoms with Crippen molar-refractivity contribution in [2.75, 3.05) is 0 Å². The highest BCUT2D eigenvalue weighted by molar-refractivity contribution is 6.31. The molecule has 4 nitrogen and oxygen atoms in total. The Hall–Kier alpha value is -1.55. The molecule has 13 heavy (non-hydrogen) atoms. The maximum atomic E-state index is 5.85. The van der Waals surface area contributed by atoms with Crippen molar-refractivity contribution < 1.29 is 0 Å². The molecule has 0 aromatic carbocycles. The van der Waals surface area contributed by atoms with Crippen LogP contribution in [0.25, 0.3) is 11.4 Å². The second-order valence-corrected chi connectivity index (χ2v) is 2.66. The molecule has 0 amide bonds. The average Bonchev–Trinajstić information content (AvgIpc) is 2.20. The van der Waals surface area contributed by atoms with Crippen LogP contribution in [0.4, 0.5) is 0 Å². The van der Waals surface area contributed by atoms with E-state index >= 15 is 0 Å². The maximum Gasteiger partial charge on any atom is 0.165 e. The summed E-state index contributed by atoms with van der Waals surface area (Å²) in [5.41, 5.74) is 0.714. The van der Waals surface area contributed by atoms with E-state index in [9.17, 15) is 0 Å². The summed E-state index contributed by atoms with van der Waals surface area (Å²) in [4.78, 5) is 15.6. The van der Waals surface area contributed by atoms with Crippen molar-refractivity contribution in [2.24, 2.45) is 0 Å². The van der Waals surface area contributed by atoms with Gasteiger partial charge >= 0.3 is 0 Å². The van der Waals surface area contributed by atoms with Crippen molar-refractivity contribution in [3.63, 3.8) is 0 Å². The lowest BCUT2D eigenvalue weighted by Crippen LogP contribution is -1.90. The van der Waals surface area contributed by atoms with E-state index in [1.54, 1.807) is 12.3 Å². The Morgan fingerprint density at radius 1 is 1.08 bits per heavy atom. The molecule has 0 saturated carbocycles. The third kappa shape index (κ3) is 1.62. The van der Waals surface area contributed by atoms with Crippen LogP contribution in [0, 0.1) is 0 Å². The number of pyridine rings is 1. The minimum absolute atomic E-state index is 0.397. The van der Waals surface area contributed by atoms with Crippen molar-refractivity contribution in [1.82, 2.24) is 19.9 Å². The number of hydrogen-bond acceptors (Lipinski definition) is 4. The summed E-state index contributed by atoms with van der Waals surface area (Å²) >= 11 is 5.85. The van der Waals surface area contributed by atoms with Crippen molar-refractivity contribution in [2.45, 2.75) is 0 Å². The van der Waals surface area contributed by atoms with Crippen LogP contribution in [0.15, 0.2) is 31.0 Å². The summed E-state index contributed by atoms with van der Waals surface area (Å²) in [7, 11) is 0. The van der Waals surface area contributed by atoms with E-state index < -0.39 is 0 Å². The molecule has 5 heteroatoms. The fourth-order valence-electron chi connectivity index (χ4n) is 0.931. The minimum Gasteiger partial charge on any atom is -0.244 e. The van der Waals surface area contributed by atoms with Gasteiger partial charge in [0.2, 0.25) is 0 Å². The molecule has 0 radical (unpaired) electrons. The SMILES string of the molecule is Clc1ncccc1-c1ncncn1. The number of aromatic nitrogens is 4. The summed E-state index contributed by atoms with van der Waals surface area (Å²) in [5, 5.41) is 0.397. The first-order valence-electron chi connectivity index (χ1n) is 3.61. The van der Waals surface area contributed by atoms with Crippen LogP contribution in [0.2, 0.25) is 5.15 Å². The molecule has 0 aliphatic carbocycles. The molecule has 0 atom stereocenters. The van der Waals surface area contributed by atoms with E-state index in [0.29, 0.717) is 16.5 Å². The van der Waals surface area contributed by atoms with Crippen LogP contribution >= 0.6 is 11.6 Å². The van der Waals surface area contributed by atoms with Gasteiger partial charge in [-0.2, -0.15) is 0 Å². The summed E-state index contributed by atoms with van der Waals surface area (Å²) in [6.07, 6.45) is 4.46. The quantitative estimate of drug-likeness (QED) is 0.644. The molecule has 0 spiro atoms. The molecule has 0 N–H and O–H groups in total. The molecule has 2 aromatic rings. The van der Waals surface area contributed by atoms with Gasteiger partial charge in [-0.1, -0.05) is 11.6 Å². The van der Waals surface area contributed by atoms with Crippen LogP contribution in [-0.4, -0.2) is 19.9 Å². The fraction of sp³-hybridized carbons (Fsp3) is 0. The van der Waals surface area contributed by atoms with Crippen LogP contribution in [0.1, 0.15) is 0 Å². The lowest BCUT2D eigenvalue weighted by Gasteiger charge is -1.98. The average molecular weight is 193 g/mol. The molecule has 0 saturated heterocycles. The zero-order valence-electron chi connectivity index (χ0n) is 6.55. The second kappa shape index (κ2) is 3.45. The Morgan fingerprint density at radius 3 is 2.54 bits per heavy atom. The lowest BCUT2D eigenvalue weighted by atomic mass is 10.3. The lowest BCUT2D eigenvalue weighted by molar-refractivity contribution is 1.05. The smallest absolute Gasteiger partial charge is 0.165 e. The topological polar surface area (TPSA) is 51.6 Å². The highest BCUT2D eigenvalue weighted by Crippen LogP contribution is 2.20. The molecule has 0 unspecified atom stereocenters. The summed E-state index contributed by atoms with van der Waals surface area (Å²) in [6.45, 7) is 0. The maximum absolute atomic E-state index is 5.85. The second-order valence-electron chi connectivity index (χ2n) is 2.30. The fourth-order valence-corrected chi connectivity index (χ4v) is 1.13. The molecule has 2 rings (SSSR count). The molecule has 0 fully saturated rings. The van der Waals surface area contributed by atoms with Gasteiger partial charge in [-0.15, -0.1) is 0 Å². The van der Waals surface area contributed by atoms with E-state index in [0.717, 1.165) is 0 Å². The van der Waals surface area contributed by atoms with Gasteiger partial charge in [0.25, 0.3) is 0 Å². The zero-order chi connectivity index (χ0) is 9.10. The number of hydrogen-bond donors (Lipinski definition) is 0. The Bertz CT molecular complexity index is 404. The van der Waals surface area contributed by atoms with Gasteiger partial charge in [0, 0.05) is 6.20 Å². The van der Waals surface area contributed by atoms with Crippen molar-refractivity contribution >= 4 is 11.6 Å². The molecule has 0 aliphatic rings. The van der Waals surface area contributed by atoms with Crippen molar-refractivity contribution in [3.8, 4) is 11.4 Å². The molecular weight excluding hydrogens is 188 g/mol. The normalized spacial score (nSPS) is 9.92. The van der Waals surface area contributed by atoms with Crippen LogP contribution < -0.4 is 0 Å². The predicted molar refractivity (Wildman–Crippen MR) is 48.1 cm³/mol. The van der Waals surface area contributed by atoms with Gasteiger partial charge in [-0.05, 0) is 12.1 Å². The summed E-state index contributed by atoms with van der Waals surface area (Å²) in [5.74, 6) is 0.535. The number of halogens is 1. The first kappa shape index (κ1) is 8.07. The number of nitrogens with zero attached hydrogens (tertiary/aromatic N) is 4. The monoisotopic (exact) mass is 192 g/mol. The Labute approximate surface area is 79.7 Å². The summed E-state index contributed by atoms with van der Waals surface area (Å²) < 4.78 is 0. The highest BCUT2D eigenvalue weighted by Gasteiger charge is 2.04. The third-order valence-corrected chi connectivity index (χ3v) is 1.79. The van der Waals surface area contributed by atoms with Crippen molar-refractivity contribution in [1.29, 1.82) is 0 Å². The summed E-state index contributed by atoms with van der Waals surface area (Å²) in [6, 6.07) is 3.59. The van der Waals surface area contributed by atoms with E-state index in [-0.39, 0.29) is 0 Å².